The number of hydrogen-bond acceptors (Lipinski definition) is 3. The van der Waals surface area contributed by atoms with Crippen LogP contribution in [0.5, 0.6) is 0 Å². The van der Waals surface area contributed by atoms with Crippen LogP contribution in [0, 0.1) is 11.6 Å². The maximum absolute atomic E-state index is 12.9. The Balaban J connectivity index is 1.75. The van der Waals surface area contributed by atoms with Gasteiger partial charge in [0.1, 0.15) is 6.79 Å². The van der Waals surface area contributed by atoms with Gasteiger partial charge in [0.25, 0.3) is 0 Å². The maximum atomic E-state index is 12.9. The maximum Gasteiger partial charge on any atom is 0.159 e. The van der Waals surface area contributed by atoms with E-state index < -0.39 is 11.6 Å². The van der Waals surface area contributed by atoms with Crippen LogP contribution in [0.25, 0.3) is 0 Å². The quantitative estimate of drug-likeness (QED) is 0.875. The predicted octanol–water partition coefficient (Wildman–Crippen LogP) is 1.82. The van der Waals surface area contributed by atoms with E-state index in [1.54, 1.807) is 6.07 Å². The van der Waals surface area contributed by atoms with E-state index in [2.05, 4.69) is 5.32 Å². The van der Waals surface area contributed by atoms with Crippen LogP contribution in [-0.4, -0.2) is 26.0 Å². The summed E-state index contributed by atoms with van der Waals surface area (Å²) in [7, 11) is 0. The molecule has 5 heteroatoms. The second-order valence-electron chi connectivity index (χ2n) is 3.98. The molecule has 1 saturated heterocycles. The number of rotatable bonds is 4. The minimum Gasteiger partial charge on any atom is -0.355 e. The number of benzene rings is 1. The third-order valence-corrected chi connectivity index (χ3v) is 2.66. The standard InChI is InChI=1S/C12H15F2NO2/c13-11-2-1-9(5-12(11)14)6-15-7-10-3-4-16-8-17-10/h1-2,5,10,15H,3-4,6-8H2. The van der Waals surface area contributed by atoms with Crippen molar-refractivity contribution < 1.29 is 18.3 Å². The zero-order valence-corrected chi connectivity index (χ0v) is 9.42. The molecule has 1 heterocycles. The van der Waals surface area contributed by atoms with Crippen molar-refractivity contribution in [2.45, 2.75) is 19.1 Å². The molecule has 1 unspecified atom stereocenters. The summed E-state index contributed by atoms with van der Waals surface area (Å²) in [5.41, 5.74) is 0.718. The molecule has 0 radical (unpaired) electrons. The Kier molecular flexibility index (Phi) is 4.42. The van der Waals surface area contributed by atoms with Crippen LogP contribution in [0.2, 0.25) is 0 Å². The molecule has 1 atom stereocenters. The lowest BCUT2D eigenvalue weighted by molar-refractivity contribution is -0.137. The Labute approximate surface area is 98.7 Å². The minimum atomic E-state index is -0.818. The van der Waals surface area contributed by atoms with Gasteiger partial charge >= 0.3 is 0 Å². The molecule has 0 aromatic heterocycles. The average molecular weight is 243 g/mol. The molecule has 0 aliphatic carbocycles. The Morgan fingerprint density at radius 2 is 2.18 bits per heavy atom. The van der Waals surface area contributed by atoms with Crippen LogP contribution in [0.15, 0.2) is 18.2 Å². The number of halogens is 2. The Hall–Kier alpha value is -1.04. The third kappa shape index (κ3) is 3.73. The SMILES string of the molecule is Fc1ccc(CNCC2CCOCO2)cc1F. The molecule has 0 amide bonds. The highest BCUT2D eigenvalue weighted by Gasteiger charge is 2.13. The average Bonchev–Trinajstić information content (AvgIpc) is 2.35. The Morgan fingerprint density at radius 1 is 1.29 bits per heavy atom. The first kappa shape index (κ1) is 12.4. The molecule has 1 N–H and O–H groups in total. The fourth-order valence-corrected chi connectivity index (χ4v) is 1.69. The summed E-state index contributed by atoms with van der Waals surface area (Å²) in [5, 5.41) is 3.15. The van der Waals surface area contributed by atoms with Crippen molar-refractivity contribution in [3.05, 3.63) is 35.4 Å². The molecule has 2 rings (SSSR count). The first-order valence-electron chi connectivity index (χ1n) is 5.59. The van der Waals surface area contributed by atoms with Crippen molar-refractivity contribution in [1.29, 1.82) is 0 Å². The molecular formula is C12H15F2NO2. The molecule has 1 aliphatic heterocycles. The topological polar surface area (TPSA) is 30.5 Å². The zero-order chi connectivity index (χ0) is 12.1. The highest BCUT2D eigenvalue weighted by Crippen LogP contribution is 2.09. The van der Waals surface area contributed by atoms with E-state index in [1.807, 2.05) is 0 Å². The fourth-order valence-electron chi connectivity index (χ4n) is 1.69. The van der Waals surface area contributed by atoms with Gasteiger partial charge < -0.3 is 14.8 Å². The van der Waals surface area contributed by atoms with E-state index in [-0.39, 0.29) is 6.10 Å². The van der Waals surface area contributed by atoms with E-state index >= 15 is 0 Å². The van der Waals surface area contributed by atoms with Gasteiger partial charge in [-0.3, -0.25) is 0 Å². The van der Waals surface area contributed by atoms with Crippen molar-refractivity contribution in [1.82, 2.24) is 5.32 Å². The van der Waals surface area contributed by atoms with Crippen molar-refractivity contribution in [3.63, 3.8) is 0 Å². The fraction of sp³-hybridized carbons (Fsp3) is 0.500. The van der Waals surface area contributed by atoms with Crippen molar-refractivity contribution in [3.8, 4) is 0 Å². The summed E-state index contributed by atoms with van der Waals surface area (Å²) in [6, 6.07) is 3.90. The Morgan fingerprint density at radius 3 is 2.88 bits per heavy atom. The predicted molar refractivity (Wildman–Crippen MR) is 58.4 cm³/mol. The first-order valence-corrected chi connectivity index (χ1v) is 5.59. The molecule has 0 bridgehead atoms. The molecule has 1 aromatic rings. The van der Waals surface area contributed by atoms with Gasteiger partial charge in [-0.2, -0.15) is 0 Å². The normalized spacial score (nSPS) is 20.5. The lowest BCUT2D eigenvalue weighted by Gasteiger charge is -2.23. The molecule has 17 heavy (non-hydrogen) atoms. The molecule has 1 fully saturated rings. The van der Waals surface area contributed by atoms with Crippen LogP contribution in [-0.2, 0) is 16.0 Å². The monoisotopic (exact) mass is 243 g/mol. The largest absolute Gasteiger partial charge is 0.355 e. The van der Waals surface area contributed by atoms with E-state index in [4.69, 9.17) is 9.47 Å². The Bertz CT molecular complexity index is 368. The second-order valence-corrected chi connectivity index (χ2v) is 3.98. The van der Waals surface area contributed by atoms with Gasteiger partial charge in [0.2, 0.25) is 0 Å². The van der Waals surface area contributed by atoms with Crippen LogP contribution < -0.4 is 5.32 Å². The van der Waals surface area contributed by atoms with Gasteiger partial charge in [0.05, 0.1) is 12.7 Å². The smallest absolute Gasteiger partial charge is 0.159 e. The van der Waals surface area contributed by atoms with Gasteiger partial charge in [-0.25, -0.2) is 8.78 Å². The number of hydrogen-bond donors (Lipinski definition) is 1. The summed E-state index contributed by atoms with van der Waals surface area (Å²) in [5.74, 6) is -1.63. The molecule has 1 aliphatic rings. The van der Waals surface area contributed by atoms with E-state index in [1.165, 1.54) is 6.07 Å². The van der Waals surface area contributed by atoms with Crippen LogP contribution in [0.1, 0.15) is 12.0 Å². The molecule has 0 saturated carbocycles. The van der Waals surface area contributed by atoms with Crippen LogP contribution in [0.3, 0.4) is 0 Å². The van der Waals surface area contributed by atoms with Crippen molar-refractivity contribution >= 4 is 0 Å². The first-order chi connectivity index (χ1) is 8.25. The molecule has 0 spiro atoms. The van der Waals surface area contributed by atoms with Crippen molar-refractivity contribution in [2.75, 3.05) is 19.9 Å². The summed E-state index contributed by atoms with van der Waals surface area (Å²) < 4.78 is 36.0. The second kappa shape index (κ2) is 6.05. The molecule has 1 aromatic carbocycles. The molecular weight excluding hydrogens is 228 g/mol. The highest BCUT2D eigenvalue weighted by molar-refractivity contribution is 5.17. The van der Waals surface area contributed by atoms with E-state index in [0.29, 0.717) is 26.5 Å². The number of nitrogens with one attached hydrogen (secondary N) is 1. The van der Waals surface area contributed by atoms with Gasteiger partial charge in [0, 0.05) is 13.1 Å². The summed E-state index contributed by atoms with van der Waals surface area (Å²) in [6.45, 7) is 2.22. The molecule has 3 nitrogen and oxygen atoms in total. The lowest BCUT2D eigenvalue weighted by atomic mass is 10.2. The summed E-state index contributed by atoms with van der Waals surface area (Å²) in [4.78, 5) is 0. The van der Waals surface area contributed by atoms with Gasteiger partial charge in [-0.1, -0.05) is 6.07 Å². The lowest BCUT2D eigenvalue weighted by Crippen LogP contribution is -2.33. The van der Waals surface area contributed by atoms with E-state index in [0.717, 1.165) is 18.1 Å². The number of ether oxygens (including phenoxy) is 2. The van der Waals surface area contributed by atoms with Crippen LogP contribution in [0.4, 0.5) is 8.78 Å². The van der Waals surface area contributed by atoms with E-state index in [9.17, 15) is 8.78 Å². The zero-order valence-electron chi connectivity index (χ0n) is 9.42. The van der Waals surface area contributed by atoms with Gasteiger partial charge in [0.15, 0.2) is 11.6 Å². The van der Waals surface area contributed by atoms with Gasteiger partial charge in [-0.05, 0) is 24.1 Å². The van der Waals surface area contributed by atoms with Gasteiger partial charge in [-0.15, -0.1) is 0 Å². The molecule has 94 valence electrons. The summed E-state index contributed by atoms with van der Waals surface area (Å²) >= 11 is 0. The third-order valence-electron chi connectivity index (χ3n) is 2.66. The summed E-state index contributed by atoms with van der Waals surface area (Å²) in [6.07, 6.45) is 0.985. The van der Waals surface area contributed by atoms with Crippen molar-refractivity contribution in [2.24, 2.45) is 0 Å². The minimum absolute atomic E-state index is 0.133. The van der Waals surface area contributed by atoms with Crippen LogP contribution >= 0.6 is 0 Å². The highest BCUT2D eigenvalue weighted by atomic mass is 19.2.